The second-order valence-corrected chi connectivity index (χ2v) is 13.4. The van der Waals surface area contributed by atoms with Crippen molar-refractivity contribution in [1.29, 1.82) is 0 Å². The van der Waals surface area contributed by atoms with Crippen LogP contribution in [-0.4, -0.2) is 69.6 Å². The van der Waals surface area contributed by atoms with Crippen molar-refractivity contribution in [2.45, 2.75) is 63.1 Å². The van der Waals surface area contributed by atoms with Crippen molar-refractivity contribution in [2.75, 3.05) is 12.4 Å². The molecule has 5 amide bonds. The molecule has 260 valence electrons. The number of fused-ring (bicyclic) bond motifs is 1. The van der Waals surface area contributed by atoms with E-state index in [1.807, 2.05) is 36.4 Å². The number of carbonyl (C=O) groups excluding carboxylic acids is 5. The van der Waals surface area contributed by atoms with Gasteiger partial charge in [-0.2, -0.15) is 0 Å². The normalized spacial score (nSPS) is 19.9. The lowest BCUT2D eigenvalue weighted by Gasteiger charge is -2.36. The van der Waals surface area contributed by atoms with Crippen molar-refractivity contribution in [3.8, 4) is 17.2 Å². The molecule has 51 heavy (non-hydrogen) atoms. The maximum absolute atomic E-state index is 13.2. The lowest BCUT2D eigenvalue weighted by atomic mass is 9.78. The smallest absolute Gasteiger partial charge is 0.288 e. The number of hydrogen-bond donors (Lipinski definition) is 3. The molecule has 1 saturated heterocycles. The second kappa shape index (κ2) is 13.3. The number of carbonyl (C=O) groups is 5. The molecular weight excluding hydrogens is 652 g/mol. The van der Waals surface area contributed by atoms with Crippen molar-refractivity contribution in [3.05, 3.63) is 107 Å². The summed E-state index contributed by atoms with van der Waals surface area (Å²) >= 11 is 0. The molecule has 1 atom stereocenters. The number of hydrogen-bond acceptors (Lipinski definition) is 10. The van der Waals surface area contributed by atoms with E-state index >= 15 is 0 Å². The van der Waals surface area contributed by atoms with Crippen molar-refractivity contribution in [3.63, 3.8) is 0 Å². The van der Waals surface area contributed by atoms with E-state index in [1.165, 1.54) is 19.4 Å². The van der Waals surface area contributed by atoms with Gasteiger partial charge in [0.25, 0.3) is 17.7 Å². The Labute approximate surface area is 293 Å². The molecule has 3 aliphatic rings. The number of piperidine rings is 1. The van der Waals surface area contributed by atoms with Gasteiger partial charge in [-0.3, -0.25) is 34.2 Å². The van der Waals surface area contributed by atoms with Gasteiger partial charge in [-0.1, -0.05) is 38.1 Å². The van der Waals surface area contributed by atoms with Crippen LogP contribution < -0.4 is 25.4 Å². The number of nitrogens with one attached hydrogen (secondary N) is 3. The van der Waals surface area contributed by atoms with Crippen molar-refractivity contribution in [2.24, 2.45) is 0 Å². The predicted octanol–water partition coefficient (Wildman–Crippen LogP) is 4.38. The monoisotopic (exact) mass is 688 g/mol. The number of anilines is 1. The van der Waals surface area contributed by atoms with Gasteiger partial charge in [-0.05, 0) is 60.0 Å². The summed E-state index contributed by atoms with van der Waals surface area (Å²) in [5, 5.41) is 8.12. The Kier molecular flexibility index (Phi) is 8.71. The Balaban J connectivity index is 0.907. The van der Waals surface area contributed by atoms with Crippen LogP contribution in [0.2, 0.25) is 0 Å². The molecule has 3 N–H and O–H groups in total. The molecule has 1 unspecified atom stereocenters. The van der Waals surface area contributed by atoms with Gasteiger partial charge in [0.05, 0.1) is 23.5 Å². The predicted molar refractivity (Wildman–Crippen MR) is 185 cm³/mol. The number of nitrogens with zero attached hydrogens (tertiary/aromatic N) is 3. The van der Waals surface area contributed by atoms with Gasteiger partial charge in [-0.15, -0.1) is 0 Å². The third kappa shape index (κ3) is 6.62. The summed E-state index contributed by atoms with van der Waals surface area (Å²) in [7, 11) is 1.52. The van der Waals surface area contributed by atoms with E-state index in [0.717, 1.165) is 34.6 Å². The third-order valence-electron chi connectivity index (χ3n) is 9.65. The first-order valence-electron chi connectivity index (χ1n) is 16.7. The Hall–Kier alpha value is -6.11. The molecule has 0 spiro atoms. The number of aromatic nitrogens is 2. The van der Waals surface area contributed by atoms with Crippen LogP contribution in [0.1, 0.15) is 82.0 Å². The van der Waals surface area contributed by atoms with E-state index in [1.54, 1.807) is 18.2 Å². The molecule has 1 aromatic heterocycles. The molecule has 4 aromatic rings. The van der Waals surface area contributed by atoms with Crippen LogP contribution in [0.5, 0.6) is 17.2 Å². The van der Waals surface area contributed by atoms with Crippen LogP contribution in [0.3, 0.4) is 0 Å². The molecule has 13 heteroatoms. The highest BCUT2D eigenvalue weighted by molar-refractivity contribution is 6.23. The van der Waals surface area contributed by atoms with Gasteiger partial charge in [0.15, 0.2) is 5.75 Å². The highest BCUT2D eigenvalue weighted by Gasteiger charge is 2.45. The van der Waals surface area contributed by atoms with Gasteiger partial charge >= 0.3 is 0 Å². The Morgan fingerprint density at radius 1 is 0.843 bits per heavy atom. The SMILES string of the molecule is CNC(=O)c1ncc(Oc2ccc(C(C)(C)c3ccc(OC4CC(Nc5ccc6c(c5)C(=O)N(C5CCC(=O)NC5=O)C6=O)C4)cc3)cc2)cn1. The average Bonchev–Trinajstić information content (AvgIpc) is 3.36. The van der Waals surface area contributed by atoms with Crippen LogP contribution >= 0.6 is 0 Å². The number of amides is 5. The summed E-state index contributed by atoms with van der Waals surface area (Å²) in [5.41, 5.74) is 3.14. The Morgan fingerprint density at radius 2 is 1.47 bits per heavy atom. The minimum Gasteiger partial charge on any atom is -0.490 e. The molecule has 0 radical (unpaired) electrons. The van der Waals surface area contributed by atoms with E-state index in [2.05, 4.69) is 51.9 Å². The minimum absolute atomic E-state index is 0.0277. The fourth-order valence-corrected chi connectivity index (χ4v) is 6.56. The molecule has 0 bridgehead atoms. The van der Waals surface area contributed by atoms with Gasteiger partial charge in [-0.25, -0.2) is 9.97 Å². The van der Waals surface area contributed by atoms with Crippen molar-refractivity contribution in [1.82, 2.24) is 25.5 Å². The van der Waals surface area contributed by atoms with E-state index in [4.69, 9.17) is 9.47 Å². The zero-order chi connectivity index (χ0) is 35.9. The first-order valence-corrected chi connectivity index (χ1v) is 16.7. The average molecular weight is 689 g/mol. The lowest BCUT2D eigenvalue weighted by molar-refractivity contribution is -0.136. The van der Waals surface area contributed by atoms with E-state index < -0.39 is 29.7 Å². The molecule has 1 aliphatic carbocycles. The zero-order valence-electron chi connectivity index (χ0n) is 28.3. The van der Waals surface area contributed by atoms with Gasteiger partial charge < -0.3 is 20.1 Å². The highest BCUT2D eigenvalue weighted by atomic mass is 16.5. The number of imide groups is 2. The summed E-state index contributed by atoms with van der Waals surface area (Å²) in [6.07, 6.45) is 4.67. The maximum atomic E-state index is 13.2. The number of ether oxygens (including phenoxy) is 2. The Morgan fingerprint density at radius 3 is 2.10 bits per heavy atom. The summed E-state index contributed by atoms with van der Waals surface area (Å²) < 4.78 is 12.1. The van der Waals surface area contributed by atoms with Crippen molar-refractivity contribution < 1.29 is 33.4 Å². The van der Waals surface area contributed by atoms with Gasteiger partial charge in [0.2, 0.25) is 17.6 Å². The molecule has 7 rings (SSSR count). The van der Waals surface area contributed by atoms with Crippen LogP contribution in [0, 0.1) is 0 Å². The molecular formula is C38H36N6O7. The Bertz CT molecular complexity index is 2020. The molecule has 2 aliphatic heterocycles. The van der Waals surface area contributed by atoms with Crippen LogP contribution in [0.25, 0.3) is 0 Å². The van der Waals surface area contributed by atoms with Gasteiger partial charge in [0, 0.05) is 43.5 Å². The maximum Gasteiger partial charge on any atom is 0.288 e. The second-order valence-electron chi connectivity index (χ2n) is 13.4. The quantitative estimate of drug-likeness (QED) is 0.203. The molecule has 1 saturated carbocycles. The summed E-state index contributed by atoms with van der Waals surface area (Å²) in [5.74, 6) is -0.552. The minimum atomic E-state index is -0.992. The van der Waals surface area contributed by atoms with Crippen LogP contribution in [-0.2, 0) is 15.0 Å². The number of benzene rings is 3. The fourth-order valence-electron chi connectivity index (χ4n) is 6.56. The topological polar surface area (TPSA) is 169 Å². The van der Waals surface area contributed by atoms with Gasteiger partial charge in [0.1, 0.15) is 23.6 Å². The zero-order valence-corrected chi connectivity index (χ0v) is 28.3. The van der Waals surface area contributed by atoms with Crippen LogP contribution in [0.4, 0.5) is 5.69 Å². The third-order valence-corrected chi connectivity index (χ3v) is 9.65. The molecule has 2 fully saturated rings. The molecule has 3 heterocycles. The van der Waals surface area contributed by atoms with Crippen molar-refractivity contribution >= 4 is 35.2 Å². The molecule has 3 aromatic carbocycles. The summed E-state index contributed by atoms with van der Waals surface area (Å²) in [6.45, 7) is 4.31. The summed E-state index contributed by atoms with van der Waals surface area (Å²) in [4.78, 5) is 70.7. The largest absolute Gasteiger partial charge is 0.490 e. The van der Waals surface area contributed by atoms with E-state index in [0.29, 0.717) is 17.2 Å². The van der Waals surface area contributed by atoms with E-state index in [9.17, 15) is 24.0 Å². The summed E-state index contributed by atoms with van der Waals surface area (Å²) in [6, 6.07) is 20.1. The van der Waals surface area contributed by atoms with Crippen LogP contribution in [0.15, 0.2) is 79.1 Å². The highest BCUT2D eigenvalue weighted by Crippen LogP contribution is 2.36. The van der Waals surface area contributed by atoms with E-state index in [-0.39, 0.29) is 53.3 Å². The fraction of sp³-hybridized carbons (Fsp3) is 0.289. The molecule has 13 nitrogen and oxygen atoms in total. The first kappa shape index (κ1) is 33.4. The number of rotatable bonds is 10. The standard InChI is InChI=1S/C38H36N6O7/c1-38(2,22-6-11-26(12-7-22)51-28-19-40-33(41-20-28)35(47)39-3)21-4-9-25(10-5-21)50-27-16-24(17-27)42-23-8-13-29-30(18-23)37(49)44(36(29)48)31-14-15-32(45)43-34(31)46/h4-13,18-20,24,27,31,42H,14-17H2,1-3H3,(H,39,47)(H,43,45,46). The first-order chi connectivity index (χ1) is 24.5. The lowest BCUT2D eigenvalue weighted by Crippen LogP contribution is -2.54.